The van der Waals surface area contributed by atoms with Crippen molar-refractivity contribution in [2.45, 2.75) is 6.18 Å². The first-order chi connectivity index (χ1) is 9.79. The van der Waals surface area contributed by atoms with Crippen molar-refractivity contribution >= 4 is 17.3 Å². The molecular weight excluding hydrogens is 285 g/mol. The highest BCUT2D eigenvalue weighted by Gasteiger charge is 2.30. The number of halogens is 3. The summed E-state index contributed by atoms with van der Waals surface area (Å²) in [5.41, 5.74) is 4.42. The predicted molar refractivity (Wildman–Crippen MR) is 71.9 cm³/mol. The first kappa shape index (κ1) is 14.7. The van der Waals surface area contributed by atoms with Crippen LogP contribution in [0.4, 0.5) is 24.5 Å². The van der Waals surface area contributed by atoms with E-state index in [1.54, 1.807) is 12.1 Å². The maximum Gasteiger partial charge on any atom is 0.416 e. The number of nitrogen functional groups attached to an aromatic ring is 1. The summed E-state index contributed by atoms with van der Waals surface area (Å²) in [5.74, 6) is -0.903. The molecule has 0 bridgehead atoms. The number of hydrogen-bond acceptors (Lipinski definition) is 3. The van der Waals surface area contributed by atoms with Gasteiger partial charge < -0.3 is 16.2 Å². The number of aromatic hydroxyl groups is 1. The minimum atomic E-state index is -4.51. The van der Waals surface area contributed by atoms with Gasteiger partial charge in [-0.15, -0.1) is 0 Å². The Hall–Kier alpha value is -2.70. The molecule has 0 unspecified atom stereocenters. The Bertz CT molecular complexity index is 684. The molecule has 2 aromatic rings. The maximum absolute atomic E-state index is 12.5. The summed E-state index contributed by atoms with van der Waals surface area (Å²) < 4.78 is 37.5. The minimum Gasteiger partial charge on any atom is -0.507 e. The van der Waals surface area contributed by atoms with Crippen LogP contribution in [-0.2, 0) is 6.18 Å². The zero-order valence-corrected chi connectivity index (χ0v) is 10.6. The number of anilines is 2. The van der Waals surface area contributed by atoms with Crippen LogP contribution in [-0.4, -0.2) is 11.0 Å². The minimum absolute atomic E-state index is 0.00296. The smallest absolute Gasteiger partial charge is 0.416 e. The molecule has 7 heteroatoms. The number of alkyl halides is 3. The standard InChI is InChI=1S/C14H11F3N2O2/c15-14(16,17)8-5-6-11(10(18)7-8)19-13(21)9-3-1-2-4-12(9)20/h1-7,20H,18H2,(H,19,21). The molecule has 0 heterocycles. The number of benzene rings is 2. The number of hydrogen-bond donors (Lipinski definition) is 3. The predicted octanol–water partition coefficient (Wildman–Crippen LogP) is 3.25. The second kappa shape index (κ2) is 5.35. The van der Waals surface area contributed by atoms with Crippen LogP contribution < -0.4 is 11.1 Å². The van der Waals surface area contributed by atoms with Crippen LogP contribution in [0.25, 0.3) is 0 Å². The molecule has 0 spiro atoms. The van der Waals surface area contributed by atoms with E-state index in [1.807, 2.05) is 0 Å². The lowest BCUT2D eigenvalue weighted by molar-refractivity contribution is -0.137. The second-order valence-corrected chi connectivity index (χ2v) is 4.27. The highest BCUT2D eigenvalue weighted by Crippen LogP contribution is 2.33. The van der Waals surface area contributed by atoms with E-state index in [1.165, 1.54) is 12.1 Å². The number of carbonyl (C=O) groups is 1. The van der Waals surface area contributed by atoms with Crippen molar-refractivity contribution in [1.29, 1.82) is 0 Å². The molecule has 0 fully saturated rings. The second-order valence-electron chi connectivity index (χ2n) is 4.27. The quantitative estimate of drug-likeness (QED) is 0.745. The number of nitrogens with two attached hydrogens (primary N) is 1. The zero-order chi connectivity index (χ0) is 15.6. The number of carbonyl (C=O) groups excluding carboxylic acids is 1. The van der Waals surface area contributed by atoms with E-state index in [0.717, 1.165) is 18.2 Å². The molecule has 110 valence electrons. The van der Waals surface area contributed by atoms with Gasteiger partial charge in [0, 0.05) is 0 Å². The van der Waals surface area contributed by atoms with Gasteiger partial charge in [-0.1, -0.05) is 12.1 Å². The molecule has 1 amide bonds. The summed E-state index contributed by atoms with van der Waals surface area (Å²) in [5, 5.41) is 11.9. The maximum atomic E-state index is 12.5. The number of amides is 1. The van der Waals surface area contributed by atoms with Crippen molar-refractivity contribution in [3.05, 3.63) is 53.6 Å². The van der Waals surface area contributed by atoms with Crippen LogP contribution in [0, 0.1) is 0 Å². The summed E-state index contributed by atoms with van der Waals surface area (Å²) in [7, 11) is 0. The van der Waals surface area contributed by atoms with E-state index in [2.05, 4.69) is 5.32 Å². The monoisotopic (exact) mass is 296 g/mol. The van der Waals surface area contributed by atoms with Crippen LogP contribution in [0.1, 0.15) is 15.9 Å². The molecule has 0 atom stereocenters. The Morgan fingerprint density at radius 2 is 1.81 bits per heavy atom. The van der Waals surface area contributed by atoms with Crippen molar-refractivity contribution in [2.75, 3.05) is 11.1 Å². The fourth-order valence-electron chi connectivity index (χ4n) is 1.71. The third-order valence-corrected chi connectivity index (χ3v) is 2.78. The molecule has 0 aliphatic heterocycles. The van der Waals surface area contributed by atoms with E-state index in [-0.39, 0.29) is 22.7 Å². The molecular formula is C14H11F3N2O2. The number of phenols is 1. The Kier molecular flexibility index (Phi) is 3.75. The van der Waals surface area contributed by atoms with Gasteiger partial charge >= 0.3 is 6.18 Å². The third-order valence-electron chi connectivity index (χ3n) is 2.78. The number of rotatable bonds is 2. The van der Waals surface area contributed by atoms with E-state index in [9.17, 15) is 23.1 Å². The molecule has 4 N–H and O–H groups in total. The normalized spacial score (nSPS) is 11.2. The average molecular weight is 296 g/mol. The largest absolute Gasteiger partial charge is 0.507 e. The van der Waals surface area contributed by atoms with Gasteiger partial charge in [0.05, 0.1) is 22.5 Å². The molecule has 2 rings (SSSR count). The third kappa shape index (κ3) is 3.25. The summed E-state index contributed by atoms with van der Waals surface area (Å²) in [6, 6.07) is 8.41. The van der Waals surface area contributed by atoms with Gasteiger partial charge in [-0.05, 0) is 30.3 Å². The van der Waals surface area contributed by atoms with Gasteiger partial charge in [-0.25, -0.2) is 0 Å². The van der Waals surface area contributed by atoms with Crippen molar-refractivity contribution in [3.8, 4) is 5.75 Å². The van der Waals surface area contributed by atoms with Crippen LogP contribution in [0.5, 0.6) is 5.75 Å². The SMILES string of the molecule is Nc1cc(C(F)(F)F)ccc1NC(=O)c1ccccc1O. The van der Waals surface area contributed by atoms with Crippen LogP contribution >= 0.6 is 0 Å². The fraction of sp³-hybridized carbons (Fsp3) is 0.0714. The zero-order valence-electron chi connectivity index (χ0n) is 10.6. The summed E-state index contributed by atoms with van der Waals surface area (Å²) in [4.78, 5) is 11.9. The molecule has 2 aromatic carbocycles. The molecule has 0 saturated carbocycles. The Labute approximate surface area is 118 Å². The van der Waals surface area contributed by atoms with Crippen molar-refractivity contribution in [3.63, 3.8) is 0 Å². The van der Waals surface area contributed by atoms with E-state index in [0.29, 0.717) is 0 Å². The average Bonchev–Trinajstić information content (AvgIpc) is 2.40. The Morgan fingerprint density at radius 3 is 2.38 bits per heavy atom. The van der Waals surface area contributed by atoms with Crippen molar-refractivity contribution in [2.24, 2.45) is 0 Å². The van der Waals surface area contributed by atoms with Gasteiger partial charge in [-0.3, -0.25) is 4.79 Å². The van der Waals surface area contributed by atoms with E-state index < -0.39 is 17.6 Å². The lowest BCUT2D eigenvalue weighted by Crippen LogP contribution is -2.14. The number of nitrogens with one attached hydrogen (secondary N) is 1. The summed E-state index contributed by atoms with van der Waals surface area (Å²) in [6.45, 7) is 0. The molecule has 0 aromatic heterocycles. The number of para-hydroxylation sites is 1. The van der Waals surface area contributed by atoms with Crippen LogP contribution in [0.2, 0.25) is 0 Å². The summed E-state index contributed by atoms with van der Waals surface area (Å²) >= 11 is 0. The van der Waals surface area contributed by atoms with Crippen molar-refractivity contribution in [1.82, 2.24) is 0 Å². The first-order valence-electron chi connectivity index (χ1n) is 5.85. The Balaban J connectivity index is 2.25. The Morgan fingerprint density at radius 1 is 1.14 bits per heavy atom. The summed E-state index contributed by atoms with van der Waals surface area (Å²) in [6.07, 6.45) is -4.51. The highest BCUT2D eigenvalue weighted by atomic mass is 19.4. The van der Waals surface area contributed by atoms with Gasteiger partial charge in [0.1, 0.15) is 5.75 Å². The molecule has 0 aliphatic rings. The van der Waals surface area contributed by atoms with Crippen molar-refractivity contribution < 1.29 is 23.1 Å². The first-order valence-corrected chi connectivity index (χ1v) is 5.85. The van der Waals surface area contributed by atoms with Gasteiger partial charge in [0.25, 0.3) is 5.91 Å². The van der Waals surface area contributed by atoms with E-state index >= 15 is 0 Å². The number of phenolic OH excluding ortho intramolecular Hbond substituents is 1. The van der Waals surface area contributed by atoms with Crippen LogP contribution in [0.3, 0.4) is 0 Å². The van der Waals surface area contributed by atoms with Crippen LogP contribution in [0.15, 0.2) is 42.5 Å². The fourth-order valence-corrected chi connectivity index (χ4v) is 1.71. The topological polar surface area (TPSA) is 75.3 Å². The van der Waals surface area contributed by atoms with Gasteiger partial charge in [0.15, 0.2) is 0 Å². The van der Waals surface area contributed by atoms with Gasteiger partial charge in [-0.2, -0.15) is 13.2 Å². The molecule has 0 radical (unpaired) electrons. The van der Waals surface area contributed by atoms with Gasteiger partial charge in [0.2, 0.25) is 0 Å². The molecule has 4 nitrogen and oxygen atoms in total. The molecule has 0 saturated heterocycles. The highest BCUT2D eigenvalue weighted by molar-refractivity contribution is 6.07. The molecule has 21 heavy (non-hydrogen) atoms. The molecule has 0 aliphatic carbocycles. The van der Waals surface area contributed by atoms with E-state index in [4.69, 9.17) is 5.73 Å². The lowest BCUT2D eigenvalue weighted by atomic mass is 10.1. The lowest BCUT2D eigenvalue weighted by Gasteiger charge is -2.12.